The SMILES string of the molecule is CCCCCCCCCCCCCCCCCCCCCCC(=O)O[C@H](COC(=O)CCCCCCCCCCCCCCCCCCCCC)COP(=O)(O)OC[C@@H](O)COP(=O)(O)OC[C@@H](COC(=O)CCCCCCCCC)OC(=O)CCCCCCCCCCCC(C)C. The van der Waals surface area contributed by atoms with Gasteiger partial charge in [0.15, 0.2) is 12.2 Å². The maximum atomic E-state index is 13.1. The minimum absolute atomic E-state index is 0.105. The highest BCUT2D eigenvalue weighted by Gasteiger charge is 2.30. The maximum absolute atomic E-state index is 13.1. The third-order valence-electron chi connectivity index (χ3n) is 18.5. The monoisotopic (exact) mass is 1440 g/mol. The Bertz CT molecular complexity index is 1870. The summed E-state index contributed by atoms with van der Waals surface area (Å²) < 4.78 is 68.5. The van der Waals surface area contributed by atoms with E-state index in [0.717, 1.165) is 109 Å². The summed E-state index contributed by atoms with van der Waals surface area (Å²) in [4.78, 5) is 72.8. The van der Waals surface area contributed by atoms with Crippen LogP contribution in [-0.2, 0) is 65.4 Å². The van der Waals surface area contributed by atoms with Gasteiger partial charge < -0.3 is 33.8 Å². The summed E-state index contributed by atoms with van der Waals surface area (Å²) in [5.74, 6) is -1.38. The molecule has 0 saturated heterocycles. The molecule has 98 heavy (non-hydrogen) atoms. The fourth-order valence-corrected chi connectivity index (χ4v) is 13.8. The van der Waals surface area contributed by atoms with E-state index in [-0.39, 0.29) is 25.7 Å². The fraction of sp³-hybridized carbons (Fsp3) is 0.949. The first-order valence-electron chi connectivity index (χ1n) is 41.1. The second-order valence-electron chi connectivity index (χ2n) is 28.9. The number of carbonyl (C=O) groups excluding carboxylic acids is 4. The molecule has 0 heterocycles. The van der Waals surface area contributed by atoms with Crippen LogP contribution < -0.4 is 0 Å². The van der Waals surface area contributed by atoms with Gasteiger partial charge in [-0.25, -0.2) is 9.13 Å². The summed E-state index contributed by atoms with van der Waals surface area (Å²) in [5, 5.41) is 10.6. The molecule has 2 unspecified atom stereocenters. The van der Waals surface area contributed by atoms with Gasteiger partial charge in [0.1, 0.15) is 19.3 Å². The van der Waals surface area contributed by atoms with Crippen molar-refractivity contribution in [2.75, 3.05) is 39.6 Å². The smallest absolute Gasteiger partial charge is 0.462 e. The fourth-order valence-electron chi connectivity index (χ4n) is 12.2. The summed E-state index contributed by atoms with van der Waals surface area (Å²) in [6, 6.07) is 0. The number of ether oxygens (including phenoxy) is 4. The molecule has 5 atom stereocenters. The van der Waals surface area contributed by atoms with E-state index >= 15 is 0 Å². The molecule has 0 aromatic rings. The Morgan fingerprint density at radius 2 is 0.469 bits per heavy atom. The molecule has 582 valence electrons. The van der Waals surface area contributed by atoms with Crippen LogP contribution in [0.3, 0.4) is 0 Å². The summed E-state index contributed by atoms with van der Waals surface area (Å²) in [5.41, 5.74) is 0. The Hall–Kier alpha value is -1.94. The standard InChI is InChI=1S/C79H154O17P2/c1-6-9-12-15-18-20-22-24-26-28-30-32-34-36-38-40-44-49-54-59-64-78(83)96-75(69-90-77(82)63-58-53-48-43-39-37-35-33-31-29-27-25-23-21-19-16-13-10-7-2)71-94-98(87,88)92-67-73(80)66-91-97(85,86)93-70-74(68-89-76(81)62-57-52-46-17-14-11-8-3)95-79(84)65-60-55-50-45-41-42-47-51-56-61-72(4)5/h72-75,80H,6-71H2,1-5H3,(H,85,86)(H,87,88)/t73-,74+,75+/m0/s1. The van der Waals surface area contributed by atoms with E-state index in [1.807, 2.05) is 0 Å². The largest absolute Gasteiger partial charge is 0.472 e. The number of unbranched alkanes of at least 4 members (excludes halogenated alkanes) is 51. The lowest BCUT2D eigenvalue weighted by Crippen LogP contribution is -2.30. The Morgan fingerprint density at radius 1 is 0.276 bits per heavy atom. The minimum atomic E-state index is -4.96. The lowest BCUT2D eigenvalue weighted by Gasteiger charge is -2.21. The number of hydrogen-bond acceptors (Lipinski definition) is 15. The average molecular weight is 1440 g/mol. The Kier molecular flexibility index (Phi) is 70.6. The lowest BCUT2D eigenvalue weighted by atomic mass is 10.0. The molecule has 19 heteroatoms. The molecule has 0 aliphatic carbocycles. The lowest BCUT2D eigenvalue weighted by molar-refractivity contribution is -0.161. The molecule has 17 nitrogen and oxygen atoms in total. The Balaban J connectivity index is 5.16. The van der Waals surface area contributed by atoms with Crippen molar-refractivity contribution in [1.29, 1.82) is 0 Å². The van der Waals surface area contributed by atoms with Gasteiger partial charge in [-0.2, -0.15) is 0 Å². The molecule has 0 aromatic heterocycles. The molecule has 0 aromatic carbocycles. The van der Waals surface area contributed by atoms with Crippen LogP contribution in [0.5, 0.6) is 0 Å². The summed E-state index contributed by atoms with van der Waals surface area (Å²) in [6.07, 6.45) is 62.8. The quantitative estimate of drug-likeness (QED) is 0.0222. The van der Waals surface area contributed by atoms with Crippen LogP contribution in [0.2, 0.25) is 0 Å². The first-order valence-corrected chi connectivity index (χ1v) is 44.1. The Morgan fingerprint density at radius 3 is 0.694 bits per heavy atom. The maximum Gasteiger partial charge on any atom is 0.472 e. The van der Waals surface area contributed by atoms with Crippen molar-refractivity contribution < 1.29 is 80.2 Å². The highest BCUT2D eigenvalue weighted by Crippen LogP contribution is 2.45. The van der Waals surface area contributed by atoms with E-state index in [2.05, 4.69) is 34.6 Å². The van der Waals surface area contributed by atoms with Crippen molar-refractivity contribution in [3.8, 4) is 0 Å². The summed E-state index contributed by atoms with van der Waals surface area (Å²) in [7, 11) is -9.91. The third-order valence-corrected chi connectivity index (χ3v) is 20.4. The number of rotatable bonds is 79. The van der Waals surface area contributed by atoms with Crippen molar-refractivity contribution in [2.45, 2.75) is 438 Å². The molecule has 0 aliphatic heterocycles. The molecule has 0 bridgehead atoms. The molecule has 0 saturated carbocycles. The Labute approximate surface area is 600 Å². The summed E-state index contributed by atoms with van der Waals surface area (Å²) >= 11 is 0. The predicted molar refractivity (Wildman–Crippen MR) is 400 cm³/mol. The second kappa shape index (κ2) is 72.0. The van der Waals surface area contributed by atoms with Crippen LogP contribution in [0.15, 0.2) is 0 Å². The van der Waals surface area contributed by atoms with Gasteiger partial charge >= 0.3 is 39.5 Å². The predicted octanol–water partition coefficient (Wildman–Crippen LogP) is 23.6. The van der Waals surface area contributed by atoms with Crippen molar-refractivity contribution in [3.05, 3.63) is 0 Å². The van der Waals surface area contributed by atoms with Gasteiger partial charge in [-0.1, -0.05) is 369 Å². The van der Waals surface area contributed by atoms with Crippen LogP contribution in [0.4, 0.5) is 0 Å². The number of phosphoric acid groups is 2. The van der Waals surface area contributed by atoms with Gasteiger partial charge in [0.05, 0.1) is 26.4 Å². The zero-order valence-electron chi connectivity index (χ0n) is 63.9. The van der Waals surface area contributed by atoms with E-state index in [9.17, 15) is 43.2 Å². The zero-order chi connectivity index (χ0) is 71.9. The van der Waals surface area contributed by atoms with Gasteiger partial charge in [0.2, 0.25) is 0 Å². The molecule has 3 N–H and O–H groups in total. The van der Waals surface area contributed by atoms with Gasteiger partial charge in [-0.05, 0) is 31.6 Å². The average Bonchev–Trinajstić information content (AvgIpc) is 0.986. The third kappa shape index (κ3) is 72.4. The normalized spacial score (nSPS) is 13.9. The van der Waals surface area contributed by atoms with E-state index in [1.54, 1.807) is 0 Å². The minimum Gasteiger partial charge on any atom is -0.462 e. The molecular weight excluding hydrogens is 1280 g/mol. The molecule has 0 aliphatic rings. The molecular formula is C79H154O17P2. The highest BCUT2D eigenvalue weighted by molar-refractivity contribution is 7.47. The van der Waals surface area contributed by atoms with E-state index in [4.69, 9.17) is 37.0 Å². The summed E-state index contributed by atoms with van der Waals surface area (Å²) in [6.45, 7) is 7.24. The van der Waals surface area contributed by atoms with Crippen molar-refractivity contribution in [2.24, 2.45) is 5.92 Å². The molecule has 0 rings (SSSR count). The topological polar surface area (TPSA) is 237 Å². The number of esters is 4. The number of hydrogen-bond donors (Lipinski definition) is 3. The van der Waals surface area contributed by atoms with Crippen LogP contribution in [0, 0.1) is 5.92 Å². The first-order chi connectivity index (χ1) is 47.5. The molecule has 0 fully saturated rings. The van der Waals surface area contributed by atoms with Gasteiger partial charge in [0.25, 0.3) is 0 Å². The highest BCUT2D eigenvalue weighted by atomic mass is 31.2. The molecule has 0 amide bonds. The van der Waals surface area contributed by atoms with Crippen molar-refractivity contribution in [3.63, 3.8) is 0 Å². The van der Waals surface area contributed by atoms with Gasteiger partial charge in [0, 0.05) is 25.7 Å². The van der Waals surface area contributed by atoms with Crippen molar-refractivity contribution in [1.82, 2.24) is 0 Å². The zero-order valence-corrected chi connectivity index (χ0v) is 65.7. The van der Waals surface area contributed by atoms with Crippen molar-refractivity contribution >= 4 is 39.5 Å². The number of carbonyl (C=O) groups is 4. The molecule has 0 radical (unpaired) electrons. The van der Waals surface area contributed by atoms with Gasteiger partial charge in [-0.15, -0.1) is 0 Å². The molecule has 0 spiro atoms. The number of aliphatic hydroxyl groups excluding tert-OH is 1. The van der Waals surface area contributed by atoms with Crippen LogP contribution in [-0.4, -0.2) is 96.7 Å². The van der Waals surface area contributed by atoms with Crippen LogP contribution in [0.1, 0.15) is 420 Å². The van der Waals surface area contributed by atoms with Gasteiger partial charge in [-0.3, -0.25) is 37.3 Å². The number of phosphoric ester groups is 2. The van der Waals surface area contributed by atoms with Crippen LogP contribution in [0.25, 0.3) is 0 Å². The van der Waals surface area contributed by atoms with E-state index in [0.29, 0.717) is 25.7 Å². The number of aliphatic hydroxyl groups is 1. The second-order valence-corrected chi connectivity index (χ2v) is 31.8. The first kappa shape index (κ1) is 96.1. The van der Waals surface area contributed by atoms with E-state index in [1.165, 1.54) is 231 Å². The van der Waals surface area contributed by atoms with Crippen LogP contribution >= 0.6 is 15.6 Å². The van der Waals surface area contributed by atoms with E-state index < -0.39 is 97.5 Å².